The van der Waals surface area contributed by atoms with Crippen molar-refractivity contribution in [3.05, 3.63) is 6.42 Å². The molecule has 0 saturated carbocycles. The second-order valence-electron chi connectivity index (χ2n) is 1.71. The van der Waals surface area contributed by atoms with E-state index in [9.17, 15) is 0 Å². The normalized spacial score (nSPS) is 12.0. The summed E-state index contributed by atoms with van der Waals surface area (Å²) in [4.78, 5) is 0. The molecule has 7 heavy (non-hydrogen) atoms. The predicted molar refractivity (Wildman–Crippen MR) is 27.4 cm³/mol. The van der Waals surface area contributed by atoms with Gasteiger partial charge in [0.25, 0.3) is 0 Å². The first kappa shape index (κ1) is 6.92. The summed E-state index contributed by atoms with van der Waals surface area (Å²) in [6, 6.07) is 0. The van der Waals surface area contributed by atoms with Crippen molar-refractivity contribution >= 4 is 0 Å². The van der Waals surface area contributed by atoms with Crippen LogP contribution in [0.4, 0.5) is 0 Å². The summed E-state index contributed by atoms with van der Waals surface area (Å²) in [7, 11) is 0. The molecule has 2 nitrogen and oxygen atoms in total. The van der Waals surface area contributed by atoms with Gasteiger partial charge in [-0.15, -0.1) is 0 Å². The lowest BCUT2D eigenvalue weighted by Crippen LogP contribution is -2.22. The zero-order valence-electron chi connectivity index (χ0n) is 4.68. The van der Waals surface area contributed by atoms with Crippen LogP contribution < -0.4 is 0 Å². The van der Waals surface area contributed by atoms with E-state index in [2.05, 4.69) is 0 Å². The van der Waals surface area contributed by atoms with E-state index in [4.69, 9.17) is 10.2 Å². The van der Waals surface area contributed by atoms with Crippen LogP contribution in [0.2, 0.25) is 0 Å². The molecule has 1 radical (unpaired) electrons. The van der Waals surface area contributed by atoms with Crippen molar-refractivity contribution in [3.8, 4) is 0 Å². The van der Waals surface area contributed by atoms with Gasteiger partial charge < -0.3 is 10.2 Å². The number of aliphatic hydroxyl groups is 2. The molecule has 0 aliphatic heterocycles. The Morgan fingerprint density at radius 2 is 2.00 bits per heavy atom. The molecule has 0 aliphatic rings. The van der Waals surface area contributed by atoms with Crippen molar-refractivity contribution in [2.45, 2.75) is 26.1 Å². The van der Waals surface area contributed by atoms with Gasteiger partial charge in [-0.2, -0.15) is 0 Å². The number of hydrogen-bond donors (Lipinski definition) is 2. The van der Waals surface area contributed by atoms with E-state index in [1.165, 1.54) is 13.3 Å². The zero-order chi connectivity index (χ0) is 5.91. The fourth-order valence-corrected chi connectivity index (χ4v) is 0.387. The standard InChI is InChI=1S/C5H11O2/c1-3-4-5(2,6)7/h4,6-7H,3H2,1-2H3. The van der Waals surface area contributed by atoms with Crippen molar-refractivity contribution < 1.29 is 10.2 Å². The van der Waals surface area contributed by atoms with E-state index in [-0.39, 0.29) is 0 Å². The SMILES string of the molecule is CC[CH]C(C)(O)O. The predicted octanol–water partition coefficient (Wildman–Crippen LogP) is 0.301. The summed E-state index contributed by atoms with van der Waals surface area (Å²) < 4.78 is 0. The summed E-state index contributed by atoms with van der Waals surface area (Å²) in [6.45, 7) is 3.18. The summed E-state index contributed by atoms with van der Waals surface area (Å²) in [5.74, 6) is -1.57. The van der Waals surface area contributed by atoms with E-state index in [0.717, 1.165) is 0 Å². The fraction of sp³-hybridized carbons (Fsp3) is 0.800. The second-order valence-corrected chi connectivity index (χ2v) is 1.71. The molecule has 2 N–H and O–H groups in total. The lowest BCUT2D eigenvalue weighted by molar-refractivity contribution is -0.116. The van der Waals surface area contributed by atoms with Gasteiger partial charge in [0.15, 0.2) is 5.79 Å². The van der Waals surface area contributed by atoms with E-state index in [1.807, 2.05) is 6.92 Å². The maximum atomic E-state index is 8.52. The molecule has 0 amide bonds. The molecule has 43 valence electrons. The molecule has 0 atom stereocenters. The summed E-state index contributed by atoms with van der Waals surface area (Å²) in [5.41, 5.74) is 0. The molecule has 0 heterocycles. The monoisotopic (exact) mass is 103 g/mol. The first-order valence-electron chi connectivity index (χ1n) is 2.35. The van der Waals surface area contributed by atoms with Crippen LogP contribution in [0.3, 0.4) is 0 Å². The molecule has 0 aromatic heterocycles. The van der Waals surface area contributed by atoms with Gasteiger partial charge in [0.05, 0.1) is 0 Å². The molecule has 0 fully saturated rings. The first-order valence-corrected chi connectivity index (χ1v) is 2.35. The minimum atomic E-state index is -1.57. The second kappa shape index (κ2) is 2.28. The highest BCUT2D eigenvalue weighted by molar-refractivity contribution is 4.75. The van der Waals surface area contributed by atoms with Gasteiger partial charge in [0.2, 0.25) is 0 Å². The quantitative estimate of drug-likeness (QED) is 0.493. The third kappa shape index (κ3) is 5.92. The molecular weight excluding hydrogens is 92.1 g/mol. The van der Waals surface area contributed by atoms with Gasteiger partial charge >= 0.3 is 0 Å². The maximum Gasteiger partial charge on any atom is 0.162 e. The van der Waals surface area contributed by atoms with Crippen LogP contribution in [0.25, 0.3) is 0 Å². The molecule has 0 aromatic carbocycles. The Morgan fingerprint density at radius 3 is 2.00 bits per heavy atom. The lowest BCUT2D eigenvalue weighted by atomic mass is 10.2. The Balaban J connectivity index is 3.15. The number of rotatable bonds is 2. The van der Waals surface area contributed by atoms with Crippen LogP contribution >= 0.6 is 0 Å². The zero-order valence-corrected chi connectivity index (χ0v) is 4.68. The fourth-order valence-electron chi connectivity index (χ4n) is 0.387. The van der Waals surface area contributed by atoms with Crippen LogP contribution in [0.15, 0.2) is 0 Å². The van der Waals surface area contributed by atoms with E-state index >= 15 is 0 Å². The van der Waals surface area contributed by atoms with Crippen molar-refractivity contribution in [2.24, 2.45) is 0 Å². The topological polar surface area (TPSA) is 40.5 Å². The van der Waals surface area contributed by atoms with Crippen LogP contribution in [0.5, 0.6) is 0 Å². The van der Waals surface area contributed by atoms with Gasteiger partial charge in [-0.25, -0.2) is 0 Å². The molecular formula is C5H11O2. The van der Waals surface area contributed by atoms with Crippen LogP contribution in [0.1, 0.15) is 20.3 Å². The Hall–Kier alpha value is -0.0800. The van der Waals surface area contributed by atoms with Crippen molar-refractivity contribution in [1.82, 2.24) is 0 Å². The van der Waals surface area contributed by atoms with Crippen LogP contribution in [-0.4, -0.2) is 16.0 Å². The van der Waals surface area contributed by atoms with Gasteiger partial charge in [-0.05, 0) is 13.3 Å². The summed E-state index contributed by atoms with van der Waals surface area (Å²) in [6.07, 6.45) is 2.11. The summed E-state index contributed by atoms with van der Waals surface area (Å²) >= 11 is 0. The first-order chi connectivity index (χ1) is 3.06. The highest BCUT2D eigenvalue weighted by Gasteiger charge is 2.11. The molecule has 0 bridgehead atoms. The average Bonchev–Trinajstić information content (AvgIpc) is 1.30. The van der Waals surface area contributed by atoms with E-state index in [1.54, 1.807) is 0 Å². The van der Waals surface area contributed by atoms with E-state index < -0.39 is 5.79 Å². The largest absolute Gasteiger partial charge is 0.366 e. The van der Waals surface area contributed by atoms with Gasteiger partial charge in [-0.1, -0.05) is 6.92 Å². The Morgan fingerprint density at radius 1 is 1.57 bits per heavy atom. The Bertz CT molecular complexity index is 44.5. The van der Waals surface area contributed by atoms with E-state index in [0.29, 0.717) is 6.42 Å². The number of hydrogen-bond acceptors (Lipinski definition) is 2. The molecule has 2 heteroatoms. The summed E-state index contributed by atoms with van der Waals surface area (Å²) in [5, 5.41) is 17.0. The van der Waals surface area contributed by atoms with Gasteiger partial charge in [0.1, 0.15) is 0 Å². The van der Waals surface area contributed by atoms with Crippen molar-refractivity contribution in [2.75, 3.05) is 0 Å². The van der Waals surface area contributed by atoms with Gasteiger partial charge in [-0.3, -0.25) is 0 Å². The smallest absolute Gasteiger partial charge is 0.162 e. The average molecular weight is 103 g/mol. The van der Waals surface area contributed by atoms with Crippen molar-refractivity contribution in [3.63, 3.8) is 0 Å². The van der Waals surface area contributed by atoms with Crippen LogP contribution in [0, 0.1) is 6.42 Å². The van der Waals surface area contributed by atoms with Crippen LogP contribution in [-0.2, 0) is 0 Å². The Kier molecular flexibility index (Phi) is 2.26. The van der Waals surface area contributed by atoms with Gasteiger partial charge in [0, 0.05) is 6.42 Å². The molecule has 0 aliphatic carbocycles. The maximum absolute atomic E-state index is 8.52. The molecule has 0 rings (SSSR count). The molecule has 0 spiro atoms. The molecule has 0 saturated heterocycles. The lowest BCUT2D eigenvalue weighted by Gasteiger charge is -2.12. The highest BCUT2D eigenvalue weighted by atomic mass is 16.5. The molecule has 0 unspecified atom stereocenters. The highest BCUT2D eigenvalue weighted by Crippen LogP contribution is 2.03. The third-order valence-corrected chi connectivity index (χ3v) is 0.591. The third-order valence-electron chi connectivity index (χ3n) is 0.591. The Labute approximate surface area is 43.8 Å². The minimum absolute atomic E-state index is 0.684. The van der Waals surface area contributed by atoms with Crippen molar-refractivity contribution in [1.29, 1.82) is 0 Å². The minimum Gasteiger partial charge on any atom is -0.366 e. The molecule has 0 aromatic rings.